The zero-order chi connectivity index (χ0) is 19.1. The molecule has 0 spiro atoms. The average Bonchev–Trinajstić information content (AvgIpc) is 2.69. The van der Waals surface area contributed by atoms with E-state index in [1.165, 1.54) is 18.5 Å². The van der Waals surface area contributed by atoms with E-state index in [9.17, 15) is 4.79 Å². The standard InChI is InChI=1S/C22H29N3O2/c1-17-11-14-25(15-12-17)20-8-6-19(7-9-20)24-22(26)23-13-10-18-4-3-5-21(16-18)27-2/h3-9,16-17H,10-15H2,1-2H3,(H2,23,24,26). The van der Waals surface area contributed by atoms with Gasteiger partial charge in [-0.3, -0.25) is 0 Å². The number of methoxy groups -OCH3 is 1. The molecule has 1 saturated heterocycles. The van der Waals surface area contributed by atoms with Crippen molar-refractivity contribution < 1.29 is 9.53 Å². The number of rotatable bonds is 6. The molecule has 0 radical (unpaired) electrons. The minimum absolute atomic E-state index is 0.183. The second-order valence-electron chi connectivity index (χ2n) is 7.20. The Balaban J connectivity index is 1.43. The van der Waals surface area contributed by atoms with Crippen molar-refractivity contribution >= 4 is 17.4 Å². The zero-order valence-corrected chi connectivity index (χ0v) is 16.2. The Labute approximate surface area is 161 Å². The van der Waals surface area contributed by atoms with Gasteiger partial charge in [-0.1, -0.05) is 19.1 Å². The van der Waals surface area contributed by atoms with E-state index in [1.54, 1.807) is 7.11 Å². The van der Waals surface area contributed by atoms with Crippen LogP contribution in [-0.2, 0) is 6.42 Å². The van der Waals surface area contributed by atoms with E-state index in [-0.39, 0.29) is 6.03 Å². The highest BCUT2D eigenvalue weighted by Crippen LogP contribution is 2.24. The maximum Gasteiger partial charge on any atom is 0.319 e. The number of urea groups is 1. The number of ether oxygens (including phenoxy) is 1. The van der Waals surface area contributed by atoms with Gasteiger partial charge < -0.3 is 20.3 Å². The number of carbonyl (C=O) groups is 1. The Morgan fingerprint density at radius 1 is 1.15 bits per heavy atom. The lowest BCUT2D eigenvalue weighted by atomic mass is 9.99. The van der Waals surface area contributed by atoms with Gasteiger partial charge in [0.05, 0.1) is 7.11 Å². The van der Waals surface area contributed by atoms with E-state index in [1.807, 2.05) is 36.4 Å². The van der Waals surface area contributed by atoms with Gasteiger partial charge in [-0.15, -0.1) is 0 Å². The summed E-state index contributed by atoms with van der Waals surface area (Å²) < 4.78 is 5.22. The lowest BCUT2D eigenvalue weighted by molar-refractivity contribution is 0.252. The average molecular weight is 367 g/mol. The zero-order valence-electron chi connectivity index (χ0n) is 16.2. The topological polar surface area (TPSA) is 53.6 Å². The highest BCUT2D eigenvalue weighted by atomic mass is 16.5. The molecule has 2 amide bonds. The van der Waals surface area contributed by atoms with Crippen LogP contribution in [0.2, 0.25) is 0 Å². The van der Waals surface area contributed by atoms with Crippen molar-refractivity contribution in [1.29, 1.82) is 0 Å². The van der Waals surface area contributed by atoms with Crippen LogP contribution in [0.4, 0.5) is 16.2 Å². The molecule has 3 rings (SSSR count). The normalized spacial score (nSPS) is 14.7. The van der Waals surface area contributed by atoms with Gasteiger partial charge in [0.1, 0.15) is 5.75 Å². The van der Waals surface area contributed by atoms with Crippen LogP contribution in [0.25, 0.3) is 0 Å². The van der Waals surface area contributed by atoms with Gasteiger partial charge in [-0.05, 0) is 67.1 Å². The third-order valence-corrected chi connectivity index (χ3v) is 5.11. The van der Waals surface area contributed by atoms with Crippen molar-refractivity contribution in [1.82, 2.24) is 5.32 Å². The number of anilines is 2. The van der Waals surface area contributed by atoms with Gasteiger partial charge in [0.15, 0.2) is 0 Å². The number of benzene rings is 2. The van der Waals surface area contributed by atoms with Gasteiger partial charge in [0, 0.05) is 31.0 Å². The Morgan fingerprint density at radius 3 is 2.59 bits per heavy atom. The van der Waals surface area contributed by atoms with Gasteiger partial charge in [0.25, 0.3) is 0 Å². The first-order chi connectivity index (χ1) is 13.1. The number of nitrogens with zero attached hydrogens (tertiary/aromatic N) is 1. The van der Waals surface area contributed by atoms with Crippen LogP contribution in [-0.4, -0.2) is 32.8 Å². The van der Waals surface area contributed by atoms with Crippen molar-refractivity contribution in [3.63, 3.8) is 0 Å². The van der Waals surface area contributed by atoms with Crippen LogP contribution in [0, 0.1) is 5.92 Å². The van der Waals surface area contributed by atoms with Crippen LogP contribution in [0.3, 0.4) is 0 Å². The minimum atomic E-state index is -0.183. The molecule has 5 nitrogen and oxygen atoms in total. The number of carbonyl (C=O) groups excluding carboxylic acids is 1. The summed E-state index contributed by atoms with van der Waals surface area (Å²) in [6, 6.07) is 15.8. The monoisotopic (exact) mass is 367 g/mol. The third kappa shape index (κ3) is 5.64. The summed E-state index contributed by atoms with van der Waals surface area (Å²) in [5.41, 5.74) is 3.17. The lowest BCUT2D eigenvalue weighted by Gasteiger charge is -2.32. The maximum absolute atomic E-state index is 12.1. The molecule has 0 bridgehead atoms. The molecule has 0 aromatic heterocycles. The molecule has 144 valence electrons. The molecule has 27 heavy (non-hydrogen) atoms. The van der Waals surface area contributed by atoms with E-state index in [0.717, 1.165) is 42.4 Å². The summed E-state index contributed by atoms with van der Waals surface area (Å²) >= 11 is 0. The Morgan fingerprint density at radius 2 is 1.89 bits per heavy atom. The molecular weight excluding hydrogens is 338 g/mol. The quantitative estimate of drug-likeness (QED) is 0.800. The van der Waals surface area contributed by atoms with E-state index < -0.39 is 0 Å². The molecule has 0 aliphatic carbocycles. The number of piperidine rings is 1. The van der Waals surface area contributed by atoms with Gasteiger partial charge in [0.2, 0.25) is 0 Å². The number of amides is 2. The van der Waals surface area contributed by atoms with Crippen molar-refractivity contribution in [3.8, 4) is 5.75 Å². The van der Waals surface area contributed by atoms with Crippen molar-refractivity contribution in [2.75, 3.05) is 37.0 Å². The summed E-state index contributed by atoms with van der Waals surface area (Å²) in [4.78, 5) is 14.5. The Hall–Kier alpha value is -2.69. The number of hydrogen-bond donors (Lipinski definition) is 2. The summed E-state index contributed by atoms with van der Waals surface area (Å²) in [6.45, 7) is 5.11. The van der Waals surface area contributed by atoms with Crippen molar-refractivity contribution in [2.24, 2.45) is 5.92 Å². The van der Waals surface area contributed by atoms with E-state index in [2.05, 4.69) is 34.6 Å². The molecule has 2 aromatic carbocycles. The lowest BCUT2D eigenvalue weighted by Crippen LogP contribution is -2.32. The van der Waals surface area contributed by atoms with Crippen molar-refractivity contribution in [2.45, 2.75) is 26.2 Å². The molecule has 1 fully saturated rings. The highest BCUT2D eigenvalue weighted by molar-refractivity contribution is 5.89. The predicted molar refractivity (Wildman–Crippen MR) is 111 cm³/mol. The molecule has 1 aliphatic rings. The smallest absolute Gasteiger partial charge is 0.319 e. The molecule has 2 N–H and O–H groups in total. The molecule has 5 heteroatoms. The summed E-state index contributed by atoms with van der Waals surface area (Å²) in [5.74, 6) is 1.66. The first kappa shape index (κ1) is 19.1. The summed E-state index contributed by atoms with van der Waals surface area (Å²) in [6.07, 6.45) is 3.25. The van der Waals surface area contributed by atoms with Crippen LogP contribution in [0.15, 0.2) is 48.5 Å². The maximum atomic E-state index is 12.1. The predicted octanol–water partition coefficient (Wildman–Crippen LogP) is 4.30. The third-order valence-electron chi connectivity index (χ3n) is 5.11. The Kier molecular flexibility index (Phi) is 6.58. The second kappa shape index (κ2) is 9.31. The molecule has 1 heterocycles. The fraction of sp³-hybridized carbons (Fsp3) is 0.409. The minimum Gasteiger partial charge on any atom is -0.497 e. The van der Waals surface area contributed by atoms with Crippen LogP contribution < -0.4 is 20.3 Å². The Bertz CT molecular complexity index is 737. The van der Waals surface area contributed by atoms with E-state index in [0.29, 0.717) is 6.54 Å². The highest BCUT2D eigenvalue weighted by Gasteiger charge is 2.15. The fourth-order valence-corrected chi connectivity index (χ4v) is 3.35. The first-order valence-corrected chi connectivity index (χ1v) is 9.67. The second-order valence-corrected chi connectivity index (χ2v) is 7.20. The molecule has 2 aromatic rings. The van der Waals surface area contributed by atoms with Gasteiger partial charge >= 0.3 is 6.03 Å². The SMILES string of the molecule is COc1cccc(CCNC(=O)Nc2ccc(N3CCC(C)CC3)cc2)c1. The largest absolute Gasteiger partial charge is 0.497 e. The fourth-order valence-electron chi connectivity index (χ4n) is 3.35. The summed E-state index contributed by atoms with van der Waals surface area (Å²) in [7, 11) is 1.65. The van der Waals surface area contributed by atoms with Crippen LogP contribution in [0.5, 0.6) is 5.75 Å². The molecular formula is C22H29N3O2. The van der Waals surface area contributed by atoms with Gasteiger partial charge in [-0.2, -0.15) is 0 Å². The van der Waals surface area contributed by atoms with Gasteiger partial charge in [-0.25, -0.2) is 4.79 Å². The molecule has 0 unspecified atom stereocenters. The van der Waals surface area contributed by atoms with E-state index in [4.69, 9.17) is 4.74 Å². The summed E-state index contributed by atoms with van der Waals surface area (Å²) in [5, 5.41) is 5.79. The first-order valence-electron chi connectivity index (χ1n) is 9.67. The molecule has 1 aliphatic heterocycles. The number of hydrogen-bond acceptors (Lipinski definition) is 3. The van der Waals surface area contributed by atoms with E-state index >= 15 is 0 Å². The molecule has 0 saturated carbocycles. The van der Waals surface area contributed by atoms with Crippen molar-refractivity contribution in [3.05, 3.63) is 54.1 Å². The van der Waals surface area contributed by atoms with Crippen LogP contribution in [0.1, 0.15) is 25.3 Å². The molecule has 0 atom stereocenters. The number of nitrogens with one attached hydrogen (secondary N) is 2. The van der Waals surface area contributed by atoms with Crippen LogP contribution >= 0.6 is 0 Å².